The lowest BCUT2D eigenvalue weighted by molar-refractivity contribution is 0.352. The highest BCUT2D eigenvalue weighted by molar-refractivity contribution is 5.53. The molecule has 1 aromatic rings. The summed E-state index contributed by atoms with van der Waals surface area (Å²) in [7, 11) is 3.34. The van der Waals surface area contributed by atoms with Crippen LogP contribution in [0.25, 0.3) is 0 Å². The van der Waals surface area contributed by atoms with Gasteiger partial charge in [0.1, 0.15) is 0 Å². The van der Waals surface area contributed by atoms with Gasteiger partial charge in [-0.1, -0.05) is 0 Å². The molecule has 0 aliphatic carbocycles. The summed E-state index contributed by atoms with van der Waals surface area (Å²) in [6, 6.07) is 2.03. The molecule has 0 spiro atoms. The van der Waals surface area contributed by atoms with Gasteiger partial charge in [0.2, 0.25) is 0 Å². The number of rotatable bonds is 5. The molecule has 90 valence electrons. The Hall–Kier alpha value is -1.22. The second kappa shape index (κ2) is 5.75. The number of hydrogen-bond acceptors (Lipinski definition) is 3. The van der Waals surface area contributed by atoms with Crippen molar-refractivity contribution in [1.29, 1.82) is 0 Å². The van der Waals surface area contributed by atoms with Crippen molar-refractivity contribution in [2.75, 3.05) is 20.8 Å². The molecule has 0 atom stereocenters. The van der Waals surface area contributed by atoms with E-state index in [1.165, 1.54) is 11.1 Å². The standard InChI is InChI=1S/C13H21NO2/c1-9-8-12(15-3)13(16-4)10(2)11(9)6-5-7-14/h8H,5-7,14H2,1-4H3. The van der Waals surface area contributed by atoms with Gasteiger partial charge in [0, 0.05) is 0 Å². The van der Waals surface area contributed by atoms with Gasteiger partial charge in [-0.2, -0.15) is 0 Å². The van der Waals surface area contributed by atoms with E-state index in [1.807, 2.05) is 6.07 Å². The Labute approximate surface area is 97.6 Å². The van der Waals surface area contributed by atoms with Crippen LogP contribution in [0, 0.1) is 13.8 Å². The van der Waals surface area contributed by atoms with Crippen LogP contribution in [0.3, 0.4) is 0 Å². The Morgan fingerprint density at radius 3 is 2.38 bits per heavy atom. The van der Waals surface area contributed by atoms with E-state index in [0.717, 1.165) is 29.9 Å². The molecule has 0 fully saturated rings. The summed E-state index contributed by atoms with van der Waals surface area (Å²) in [4.78, 5) is 0. The van der Waals surface area contributed by atoms with Gasteiger partial charge in [0.15, 0.2) is 11.5 Å². The third-order valence-corrected chi connectivity index (χ3v) is 2.90. The summed E-state index contributed by atoms with van der Waals surface area (Å²) in [5.74, 6) is 1.63. The SMILES string of the molecule is COc1cc(C)c(CCCN)c(C)c1OC. The third kappa shape index (κ3) is 2.47. The smallest absolute Gasteiger partial charge is 0.163 e. The summed E-state index contributed by atoms with van der Waals surface area (Å²) in [6.07, 6.45) is 1.99. The van der Waals surface area contributed by atoms with Crippen LogP contribution in [0.1, 0.15) is 23.1 Å². The third-order valence-electron chi connectivity index (χ3n) is 2.90. The fourth-order valence-corrected chi connectivity index (χ4v) is 2.04. The molecule has 0 saturated carbocycles. The first-order valence-electron chi connectivity index (χ1n) is 5.56. The molecule has 1 rings (SSSR count). The van der Waals surface area contributed by atoms with E-state index >= 15 is 0 Å². The van der Waals surface area contributed by atoms with Gasteiger partial charge in [-0.15, -0.1) is 0 Å². The molecule has 16 heavy (non-hydrogen) atoms. The first-order chi connectivity index (χ1) is 7.65. The number of ether oxygens (including phenoxy) is 2. The maximum absolute atomic E-state index is 5.55. The maximum atomic E-state index is 5.55. The van der Waals surface area contributed by atoms with Gasteiger partial charge < -0.3 is 15.2 Å². The second-order valence-electron chi connectivity index (χ2n) is 3.92. The summed E-state index contributed by atoms with van der Waals surface area (Å²) < 4.78 is 10.7. The Bertz CT molecular complexity index is 361. The minimum Gasteiger partial charge on any atom is -0.493 e. The van der Waals surface area contributed by atoms with E-state index in [0.29, 0.717) is 6.54 Å². The molecule has 0 saturated heterocycles. The quantitative estimate of drug-likeness (QED) is 0.832. The molecule has 0 aromatic heterocycles. The minimum atomic E-state index is 0.716. The number of hydrogen-bond donors (Lipinski definition) is 1. The number of aryl methyl sites for hydroxylation is 1. The predicted octanol–water partition coefficient (Wildman–Crippen LogP) is 2.21. The molecule has 3 heteroatoms. The molecule has 3 nitrogen and oxygen atoms in total. The molecule has 0 aliphatic heterocycles. The summed E-state index contributed by atoms with van der Waals surface area (Å²) in [6.45, 7) is 4.88. The summed E-state index contributed by atoms with van der Waals surface area (Å²) in [5, 5.41) is 0. The zero-order valence-corrected chi connectivity index (χ0v) is 10.6. The van der Waals surface area contributed by atoms with Crippen LogP contribution in [0.4, 0.5) is 0 Å². The summed E-state index contributed by atoms with van der Waals surface area (Å²) in [5.41, 5.74) is 9.27. The van der Waals surface area contributed by atoms with Crippen LogP contribution in [-0.2, 0) is 6.42 Å². The molecule has 0 heterocycles. The van der Waals surface area contributed by atoms with Crippen molar-refractivity contribution in [2.24, 2.45) is 5.73 Å². The average Bonchev–Trinajstić information content (AvgIpc) is 2.28. The van der Waals surface area contributed by atoms with E-state index in [2.05, 4.69) is 13.8 Å². The molecule has 2 N–H and O–H groups in total. The van der Waals surface area contributed by atoms with Crippen molar-refractivity contribution in [3.63, 3.8) is 0 Å². The van der Waals surface area contributed by atoms with Crippen molar-refractivity contribution in [3.05, 3.63) is 22.8 Å². The van der Waals surface area contributed by atoms with Crippen molar-refractivity contribution in [2.45, 2.75) is 26.7 Å². The largest absolute Gasteiger partial charge is 0.493 e. The van der Waals surface area contributed by atoms with Gasteiger partial charge in [-0.05, 0) is 56.0 Å². The molecule has 0 amide bonds. The van der Waals surface area contributed by atoms with Crippen molar-refractivity contribution in [1.82, 2.24) is 0 Å². The second-order valence-corrected chi connectivity index (χ2v) is 3.92. The van der Waals surface area contributed by atoms with E-state index in [4.69, 9.17) is 15.2 Å². The predicted molar refractivity (Wildman–Crippen MR) is 66.4 cm³/mol. The first-order valence-corrected chi connectivity index (χ1v) is 5.56. The van der Waals surface area contributed by atoms with Crippen LogP contribution >= 0.6 is 0 Å². The van der Waals surface area contributed by atoms with Crippen LogP contribution in [0.5, 0.6) is 11.5 Å². The highest BCUT2D eigenvalue weighted by Crippen LogP contribution is 2.35. The Morgan fingerprint density at radius 2 is 1.88 bits per heavy atom. The lowest BCUT2D eigenvalue weighted by Gasteiger charge is -2.16. The van der Waals surface area contributed by atoms with Crippen LogP contribution in [-0.4, -0.2) is 20.8 Å². The number of benzene rings is 1. The molecule has 1 aromatic carbocycles. The summed E-state index contributed by atoms with van der Waals surface area (Å²) >= 11 is 0. The normalized spacial score (nSPS) is 10.3. The van der Waals surface area contributed by atoms with Crippen molar-refractivity contribution < 1.29 is 9.47 Å². The highest BCUT2D eigenvalue weighted by atomic mass is 16.5. The molecule has 0 unspecified atom stereocenters. The fourth-order valence-electron chi connectivity index (χ4n) is 2.04. The first kappa shape index (κ1) is 12.8. The van der Waals surface area contributed by atoms with Crippen LogP contribution < -0.4 is 15.2 Å². The monoisotopic (exact) mass is 223 g/mol. The zero-order chi connectivity index (χ0) is 12.1. The van der Waals surface area contributed by atoms with Crippen LogP contribution in [0.15, 0.2) is 6.07 Å². The van der Waals surface area contributed by atoms with Crippen molar-refractivity contribution >= 4 is 0 Å². The Kier molecular flexibility index (Phi) is 4.62. The molecule has 0 bridgehead atoms. The van der Waals surface area contributed by atoms with E-state index in [1.54, 1.807) is 14.2 Å². The molecular formula is C13H21NO2. The molecule has 0 aliphatic rings. The van der Waals surface area contributed by atoms with Crippen LogP contribution in [0.2, 0.25) is 0 Å². The van der Waals surface area contributed by atoms with E-state index in [9.17, 15) is 0 Å². The van der Waals surface area contributed by atoms with Gasteiger partial charge >= 0.3 is 0 Å². The average molecular weight is 223 g/mol. The number of nitrogens with two attached hydrogens (primary N) is 1. The number of methoxy groups -OCH3 is 2. The Balaban J connectivity index is 3.18. The van der Waals surface area contributed by atoms with Gasteiger partial charge in [-0.3, -0.25) is 0 Å². The highest BCUT2D eigenvalue weighted by Gasteiger charge is 2.13. The van der Waals surface area contributed by atoms with E-state index in [-0.39, 0.29) is 0 Å². The minimum absolute atomic E-state index is 0.716. The maximum Gasteiger partial charge on any atom is 0.163 e. The topological polar surface area (TPSA) is 44.5 Å². The lowest BCUT2D eigenvalue weighted by atomic mass is 9.97. The van der Waals surface area contributed by atoms with Gasteiger partial charge in [0.25, 0.3) is 0 Å². The molecular weight excluding hydrogens is 202 g/mol. The van der Waals surface area contributed by atoms with E-state index < -0.39 is 0 Å². The Morgan fingerprint density at radius 1 is 1.19 bits per heavy atom. The zero-order valence-electron chi connectivity index (χ0n) is 10.6. The van der Waals surface area contributed by atoms with Gasteiger partial charge in [0.05, 0.1) is 14.2 Å². The molecule has 0 radical (unpaired) electrons. The fraction of sp³-hybridized carbons (Fsp3) is 0.538. The lowest BCUT2D eigenvalue weighted by Crippen LogP contribution is -2.04. The van der Waals surface area contributed by atoms with Gasteiger partial charge in [-0.25, -0.2) is 0 Å². The van der Waals surface area contributed by atoms with Crippen molar-refractivity contribution in [3.8, 4) is 11.5 Å².